The Bertz CT molecular complexity index is 376. The lowest BCUT2D eigenvalue weighted by molar-refractivity contribution is 0.183. The Morgan fingerprint density at radius 2 is 2.16 bits per heavy atom. The van der Waals surface area contributed by atoms with Gasteiger partial charge in [0.15, 0.2) is 0 Å². The first-order valence-electron chi connectivity index (χ1n) is 6.58. The van der Waals surface area contributed by atoms with E-state index in [0.717, 1.165) is 31.2 Å². The van der Waals surface area contributed by atoms with Crippen LogP contribution in [0, 0.1) is 0 Å². The highest BCUT2D eigenvalue weighted by molar-refractivity contribution is 7.15. The van der Waals surface area contributed by atoms with Crippen LogP contribution in [0.15, 0.2) is 5.38 Å². The van der Waals surface area contributed by atoms with Gasteiger partial charge in [0, 0.05) is 12.6 Å². The van der Waals surface area contributed by atoms with Gasteiger partial charge in [-0.15, -0.1) is 23.7 Å². The van der Waals surface area contributed by atoms with E-state index in [0.29, 0.717) is 10.4 Å². The molecule has 2 nitrogen and oxygen atoms in total. The summed E-state index contributed by atoms with van der Waals surface area (Å²) in [4.78, 5) is 2.53. The monoisotopic (exact) mass is 342 g/mol. The predicted octanol–water partition coefficient (Wildman–Crippen LogP) is 4.44. The number of nitrogens with one attached hydrogen (secondary N) is 1. The van der Waals surface area contributed by atoms with Gasteiger partial charge in [0.05, 0.1) is 5.02 Å². The van der Waals surface area contributed by atoms with E-state index >= 15 is 0 Å². The van der Waals surface area contributed by atoms with Gasteiger partial charge < -0.3 is 5.32 Å². The Labute approximate surface area is 135 Å². The SMILES string of the molecule is CCN(Cc1csc(Cl)c1Cl)C1CCCNCC1.Cl. The second kappa shape index (κ2) is 8.71. The molecule has 1 aliphatic rings. The van der Waals surface area contributed by atoms with Crippen molar-refractivity contribution in [3.8, 4) is 0 Å². The smallest absolute Gasteiger partial charge is 0.112 e. The van der Waals surface area contributed by atoms with Gasteiger partial charge in [-0.05, 0) is 49.8 Å². The molecule has 1 unspecified atom stereocenters. The summed E-state index contributed by atoms with van der Waals surface area (Å²) in [6, 6.07) is 0.666. The Hall–Kier alpha value is 0.490. The fourth-order valence-corrected chi connectivity index (χ4v) is 3.78. The molecule has 0 bridgehead atoms. The van der Waals surface area contributed by atoms with Gasteiger partial charge in [-0.1, -0.05) is 30.1 Å². The van der Waals surface area contributed by atoms with Crippen molar-refractivity contribution in [1.82, 2.24) is 10.2 Å². The quantitative estimate of drug-likeness (QED) is 0.869. The standard InChI is InChI=1S/C13H20Cl2N2S.ClH/c1-2-17(11-4-3-6-16-7-5-11)8-10-9-18-13(15)12(10)14;/h9,11,16H,2-8H2,1H3;1H. The van der Waals surface area contributed by atoms with Crippen molar-refractivity contribution >= 4 is 46.9 Å². The third-order valence-corrected chi connectivity index (χ3v) is 5.51. The molecule has 0 radical (unpaired) electrons. The number of halogens is 3. The second-order valence-corrected chi connectivity index (χ2v) is 6.61. The summed E-state index contributed by atoms with van der Waals surface area (Å²) in [5, 5.41) is 6.29. The molecular formula is C13H21Cl3N2S. The van der Waals surface area contributed by atoms with E-state index in [1.165, 1.54) is 36.2 Å². The third kappa shape index (κ3) is 4.76. The lowest BCUT2D eigenvalue weighted by Crippen LogP contribution is -2.35. The van der Waals surface area contributed by atoms with Gasteiger partial charge >= 0.3 is 0 Å². The van der Waals surface area contributed by atoms with Gasteiger partial charge in [-0.3, -0.25) is 4.90 Å². The van der Waals surface area contributed by atoms with Gasteiger partial charge in [0.2, 0.25) is 0 Å². The molecular weight excluding hydrogens is 323 g/mol. The van der Waals surface area contributed by atoms with Crippen LogP contribution in [0.25, 0.3) is 0 Å². The maximum atomic E-state index is 6.22. The van der Waals surface area contributed by atoms with E-state index in [2.05, 4.69) is 22.5 Å². The predicted molar refractivity (Wildman–Crippen MR) is 88.2 cm³/mol. The molecule has 19 heavy (non-hydrogen) atoms. The highest BCUT2D eigenvalue weighted by Gasteiger charge is 2.20. The molecule has 0 spiro atoms. The van der Waals surface area contributed by atoms with E-state index < -0.39 is 0 Å². The average molecular weight is 344 g/mol. The van der Waals surface area contributed by atoms with Gasteiger partial charge in [-0.2, -0.15) is 0 Å². The lowest BCUT2D eigenvalue weighted by Gasteiger charge is -2.29. The van der Waals surface area contributed by atoms with E-state index in [9.17, 15) is 0 Å². The largest absolute Gasteiger partial charge is 0.317 e. The summed E-state index contributed by atoms with van der Waals surface area (Å²) < 4.78 is 0.713. The Kier molecular flexibility index (Phi) is 8.04. The van der Waals surface area contributed by atoms with Crippen LogP contribution < -0.4 is 5.32 Å². The summed E-state index contributed by atoms with van der Waals surface area (Å²) in [6.07, 6.45) is 3.76. The molecule has 1 aliphatic heterocycles. The van der Waals surface area contributed by atoms with E-state index in [1.807, 2.05) is 0 Å². The van der Waals surface area contributed by atoms with Crippen molar-refractivity contribution in [3.63, 3.8) is 0 Å². The maximum absolute atomic E-state index is 6.22. The summed E-state index contributed by atoms with van der Waals surface area (Å²) in [5.41, 5.74) is 1.17. The first kappa shape index (κ1) is 17.5. The molecule has 1 saturated heterocycles. The number of rotatable bonds is 4. The summed E-state index contributed by atoms with van der Waals surface area (Å²) in [7, 11) is 0. The fourth-order valence-electron chi connectivity index (χ4n) is 2.54. The van der Waals surface area contributed by atoms with Gasteiger partial charge in [0.25, 0.3) is 0 Å². The Morgan fingerprint density at radius 1 is 1.37 bits per heavy atom. The van der Waals surface area contributed by atoms with Crippen LogP contribution in [0.4, 0.5) is 0 Å². The average Bonchev–Trinajstić information content (AvgIpc) is 2.63. The molecule has 1 fully saturated rings. The lowest BCUT2D eigenvalue weighted by atomic mass is 10.1. The van der Waals surface area contributed by atoms with Crippen molar-refractivity contribution in [2.45, 2.75) is 38.8 Å². The first-order valence-corrected chi connectivity index (χ1v) is 8.22. The minimum Gasteiger partial charge on any atom is -0.317 e. The Morgan fingerprint density at radius 3 is 2.79 bits per heavy atom. The van der Waals surface area contributed by atoms with Crippen LogP contribution in [0.1, 0.15) is 31.7 Å². The molecule has 2 heterocycles. The van der Waals surface area contributed by atoms with Crippen molar-refractivity contribution in [2.24, 2.45) is 0 Å². The second-order valence-electron chi connectivity index (χ2n) is 4.75. The molecule has 0 saturated carbocycles. The number of thiophene rings is 1. The van der Waals surface area contributed by atoms with Crippen LogP contribution >= 0.6 is 46.9 Å². The Balaban J connectivity index is 0.00000180. The zero-order valence-electron chi connectivity index (χ0n) is 11.1. The van der Waals surface area contributed by atoms with Crippen LogP contribution in [-0.2, 0) is 6.54 Å². The minimum atomic E-state index is 0. The minimum absolute atomic E-state index is 0. The molecule has 1 N–H and O–H groups in total. The summed E-state index contributed by atoms with van der Waals surface area (Å²) in [5.74, 6) is 0. The number of hydrogen-bond donors (Lipinski definition) is 1. The molecule has 0 aliphatic carbocycles. The topological polar surface area (TPSA) is 15.3 Å². The number of hydrogen-bond acceptors (Lipinski definition) is 3. The first-order chi connectivity index (χ1) is 8.72. The molecule has 1 aromatic rings. The zero-order valence-corrected chi connectivity index (χ0v) is 14.3. The molecule has 1 aromatic heterocycles. The molecule has 2 rings (SSSR count). The van der Waals surface area contributed by atoms with Crippen molar-refractivity contribution in [2.75, 3.05) is 19.6 Å². The molecule has 0 amide bonds. The van der Waals surface area contributed by atoms with E-state index in [4.69, 9.17) is 23.2 Å². The summed E-state index contributed by atoms with van der Waals surface area (Å²) >= 11 is 13.8. The normalized spacial score (nSPS) is 20.1. The van der Waals surface area contributed by atoms with Crippen molar-refractivity contribution < 1.29 is 0 Å². The molecule has 1 atom stereocenters. The van der Waals surface area contributed by atoms with Gasteiger partial charge in [0.1, 0.15) is 4.34 Å². The van der Waals surface area contributed by atoms with Gasteiger partial charge in [-0.25, -0.2) is 0 Å². The van der Waals surface area contributed by atoms with Crippen LogP contribution in [-0.4, -0.2) is 30.6 Å². The molecule has 0 aromatic carbocycles. The highest BCUT2D eigenvalue weighted by atomic mass is 35.5. The van der Waals surface area contributed by atoms with Crippen molar-refractivity contribution in [3.05, 3.63) is 20.3 Å². The van der Waals surface area contributed by atoms with E-state index in [-0.39, 0.29) is 12.4 Å². The fraction of sp³-hybridized carbons (Fsp3) is 0.692. The van der Waals surface area contributed by atoms with Crippen LogP contribution in [0.2, 0.25) is 9.36 Å². The van der Waals surface area contributed by atoms with Crippen LogP contribution in [0.3, 0.4) is 0 Å². The van der Waals surface area contributed by atoms with Crippen molar-refractivity contribution in [1.29, 1.82) is 0 Å². The molecule has 6 heteroatoms. The summed E-state index contributed by atoms with van der Waals surface area (Å²) in [6.45, 7) is 6.48. The number of nitrogens with zero attached hydrogens (tertiary/aromatic N) is 1. The zero-order chi connectivity index (χ0) is 13.0. The van der Waals surface area contributed by atoms with E-state index in [1.54, 1.807) is 0 Å². The van der Waals surface area contributed by atoms with Crippen LogP contribution in [0.5, 0.6) is 0 Å². The molecule has 110 valence electrons. The maximum Gasteiger partial charge on any atom is 0.112 e. The third-order valence-electron chi connectivity index (χ3n) is 3.60. The highest BCUT2D eigenvalue weighted by Crippen LogP contribution is 2.33.